The fourth-order valence-corrected chi connectivity index (χ4v) is 2.99. The summed E-state index contributed by atoms with van der Waals surface area (Å²) in [4.78, 5) is 28.3. The molecular weight excluding hydrogens is 316 g/mol. The molecule has 2 aromatic rings. The van der Waals surface area contributed by atoms with Crippen molar-refractivity contribution in [2.75, 3.05) is 20.1 Å². The first-order valence-corrected chi connectivity index (χ1v) is 8.32. The standard InChI is InChI=1S/C14H18N6O2S/c1-3-18(2)13(21)10-7-15-20-6-4-5-19(8-12(10)20)14(22)11-9-23-17-16-11/h7,9H,3-6,8H2,1-2H3. The maximum absolute atomic E-state index is 12.5. The molecule has 9 heteroatoms. The van der Waals surface area contributed by atoms with Crippen LogP contribution in [0.4, 0.5) is 0 Å². The number of rotatable bonds is 3. The van der Waals surface area contributed by atoms with Crippen LogP contribution in [0.1, 0.15) is 39.9 Å². The molecule has 23 heavy (non-hydrogen) atoms. The van der Waals surface area contributed by atoms with Gasteiger partial charge < -0.3 is 9.80 Å². The van der Waals surface area contributed by atoms with Crippen LogP contribution in [0.15, 0.2) is 11.6 Å². The van der Waals surface area contributed by atoms with Gasteiger partial charge in [0.15, 0.2) is 5.69 Å². The van der Waals surface area contributed by atoms with E-state index in [0.717, 1.165) is 23.6 Å². The number of nitrogens with zero attached hydrogens (tertiary/aromatic N) is 6. The number of carbonyl (C=O) groups excluding carboxylic acids is 2. The lowest BCUT2D eigenvalue weighted by atomic mass is 10.2. The van der Waals surface area contributed by atoms with Gasteiger partial charge >= 0.3 is 0 Å². The normalized spacial score (nSPS) is 14.3. The number of amides is 2. The van der Waals surface area contributed by atoms with Gasteiger partial charge in [-0.25, -0.2) is 0 Å². The minimum Gasteiger partial charge on any atom is -0.342 e. The summed E-state index contributed by atoms with van der Waals surface area (Å²) in [7, 11) is 1.76. The van der Waals surface area contributed by atoms with Crippen LogP contribution < -0.4 is 0 Å². The number of hydrogen-bond acceptors (Lipinski definition) is 6. The molecule has 0 spiro atoms. The van der Waals surface area contributed by atoms with E-state index in [0.29, 0.717) is 37.4 Å². The number of carbonyl (C=O) groups is 2. The second-order valence-corrected chi connectivity index (χ2v) is 6.03. The van der Waals surface area contributed by atoms with Crippen LogP contribution in [-0.4, -0.2) is 61.1 Å². The largest absolute Gasteiger partial charge is 0.342 e. The molecule has 1 aliphatic heterocycles. The Morgan fingerprint density at radius 3 is 2.91 bits per heavy atom. The minimum atomic E-state index is -0.157. The Morgan fingerprint density at radius 1 is 1.39 bits per heavy atom. The van der Waals surface area contributed by atoms with E-state index < -0.39 is 0 Å². The van der Waals surface area contributed by atoms with Crippen molar-refractivity contribution < 1.29 is 9.59 Å². The first kappa shape index (κ1) is 15.6. The lowest BCUT2D eigenvalue weighted by molar-refractivity contribution is 0.0731. The summed E-state index contributed by atoms with van der Waals surface area (Å²) >= 11 is 1.15. The highest BCUT2D eigenvalue weighted by Gasteiger charge is 2.27. The van der Waals surface area contributed by atoms with Crippen molar-refractivity contribution in [2.45, 2.75) is 26.4 Å². The van der Waals surface area contributed by atoms with Crippen molar-refractivity contribution in [3.63, 3.8) is 0 Å². The second kappa shape index (κ2) is 6.45. The Bertz CT molecular complexity index is 711. The maximum Gasteiger partial charge on any atom is 0.275 e. The lowest BCUT2D eigenvalue weighted by Crippen LogP contribution is -2.32. The van der Waals surface area contributed by atoms with Crippen LogP contribution >= 0.6 is 11.5 Å². The summed E-state index contributed by atoms with van der Waals surface area (Å²) in [6.07, 6.45) is 2.39. The van der Waals surface area contributed by atoms with E-state index in [-0.39, 0.29) is 11.8 Å². The molecule has 0 bridgehead atoms. The molecule has 0 saturated heterocycles. The Balaban J connectivity index is 1.88. The third kappa shape index (κ3) is 2.96. The first-order chi connectivity index (χ1) is 11.1. The average molecular weight is 334 g/mol. The summed E-state index contributed by atoms with van der Waals surface area (Å²) < 4.78 is 5.56. The number of aromatic nitrogens is 4. The molecule has 0 unspecified atom stereocenters. The SMILES string of the molecule is CCN(C)C(=O)c1cnn2c1CN(C(=O)c1csnn1)CCC2. The van der Waals surface area contributed by atoms with Crippen LogP contribution in [0.3, 0.4) is 0 Å². The fraction of sp³-hybridized carbons (Fsp3) is 0.500. The third-order valence-electron chi connectivity index (χ3n) is 4.01. The summed E-state index contributed by atoms with van der Waals surface area (Å²) in [6, 6.07) is 0. The molecule has 0 saturated carbocycles. The van der Waals surface area contributed by atoms with Gasteiger partial charge in [-0.2, -0.15) is 5.10 Å². The molecule has 2 aromatic heterocycles. The van der Waals surface area contributed by atoms with E-state index in [2.05, 4.69) is 14.7 Å². The Hall–Kier alpha value is -2.29. The molecule has 0 aromatic carbocycles. The predicted octanol–water partition coefficient (Wildman–Crippen LogP) is 0.873. The molecule has 2 amide bonds. The highest BCUT2D eigenvalue weighted by molar-refractivity contribution is 7.03. The van der Waals surface area contributed by atoms with Gasteiger partial charge in [-0.15, -0.1) is 5.10 Å². The number of hydrogen-bond donors (Lipinski definition) is 0. The average Bonchev–Trinajstić information content (AvgIpc) is 3.18. The van der Waals surface area contributed by atoms with Gasteiger partial charge in [0, 0.05) is 32.1 Å². The Morgan fingerprint density at radius 2 is 2.22 bits per heavy atom. The van der Waals surface area contributed by atoms with E-state index in [1.165, 1.54) is 0 Å². The molecule has 0 fully saturated rings. The molecule has 8 nitrogen and oxygen atoms in total. The Labute approximate surface area is 137 Å². The summed E-state index contributed by atoms with van der Waals surface area (Å²) in [5.41, 5.74) is 1.69. The molecule has 0 aliphatic carbocycles. The molecule has 0 radical (unpaired) electrons. The summed E-state index contributed by atoms with van der Waals surface area (Å²) in [5.74, 6) is -0.228. The van der Waals surface area contributed by atoms with Gasteiger partial charge in [0.2, 0.25) is 0 Å². The highest BCUT2D eigenvalue weighted by atomic mass is 32.1. The topological polar surface area (TPSA) is 84.2 Å². The van der Waals surface area contributed by atoms with E-state index in [9.17, 15) is 9.59 Å². The van der Waals surface area contributed by atoms with Crippen molar-refractivity contribution in [1.82, 2.24) is 29.2 Å². The van der Waals surface area contributed by atoms with E-state index in [1.807, 2.05) is 11.6 Å². The molecule has 1 aliphatic rings. The van der Waals surface area contributed by atoms with Crippen molar-refractivity contribution in [2.24, 2.45) is 0 Å². The molecule has 122 valence electrons. The maximum atomic E-state index is 12.5. The zero-order chi connectivity index (χ0) is 16.4. The monoisotopic (exact) mass is 334 g/mol. The van der Waals surface area contributed by atoms with Crippen molar-refractivity contribution >= 4 is 23.3 Å². The van der Waals surface area contributed by atoms with Gasteiger partial charge in [0.25, 0.3) is 11.8 Å². The van der Waals surface area contributed by atoms with E-state index in [1.54, 1.807) is 28.4 Å². The van der Waals surface area contributed by atoms with Gasteiger partial charge in [-0.1, -0.05) is 4.49 Å². The van der Waals surface area contributed by atoms with Crippen molar-refractivity contribution in [3.8, 4) is 0 Å². The summed E-state index contributed by atoms with van der Waals surface area (Å²) in [6.45, 7) is 4.20. The van der Waals surface area contributed by atoms with Crippen molar-refractivity contribution in [1.29, 1.82) is 0 Å². The van der Waals surface area contributed by atoms with Crippen LogP contribution in [0.25, 0.3) is 0 Å². The Kier molecular flexibility index (Phi) is 4.37. The van der Waals surface area contributed by atoms with Gasteiger partial charge in [-0.3, -0.25) is 14.3 Å². The zero-order valence-electron chi connectivity index (χ0n) is 13.1. The fourth-order valence-electron chi connectivity index (χ4n) is 2.56. The van der Waals surface area contributed by atoms with Gasteiger partial charge in [0.1, 0.15) is 0 Å². The molecular formula is C14H18N6O2S. The quantitative estimate of drug-likeness (QED) is 0.832. The van der Waals surface area contributed by atoms with Crippen LogP contribution in [-0.2, 0) is 13.1 Å². The minimum absolute atomic E-state index is 0.0710. The summed E-state index contributed by atoms with van der Waals surface area (Å²) in [5, 5.41) is 9.80. The highest BCUT2D eigenvalue weighted by Crippen LogP contribution is 2.19. The van der Waals surface area contributed by atoms with E-state index >= 15 is 0 Å². The van der Waals surface area contributed by atoms with E-state index in [4.69, 9.17) is 0 Å². The zero-order valence-corrected chi connectivity index (χ0v) is 13.9. The lowest BCUT2D eigenvalue weighted by Gasteiger charge is -2.20. The van der Waals surface area contributed by atoms with Crippen LogP contribution in [0.5, 0.6) is 0 Å². The van der Waals surface area contributed by atoms with Crippen molar-refractivity contribution in [3.05, 3.63) is 28.5 Å². The second-order valence-electron chi connectivity index (χ2n) is 5.42. The third-order valence-corrected chi connectivity index (χ3v) is 4.51. The molecule has 3 rings (SSSR count). The van der Waals surface area contributed by atoms with Gasteiger partial charge in [0.05, 0.1) is 24.0 Å². The predicted molar refractivity (Wildman–Crippen MR) is 84.1 cm³/mol. The van der Waals surface area contributed by atoms with Crippen LogP contribution in [0, 0.1) is 0 Å². The first-order valence-electron chi connectivity index (χ1n) is 7.48. The molecule has 0 N–H and O–H groups in total. The molecule has 0 atom stereocenters. The molecule has 3 heterocycles. The number of aryl methyl sites for hydroxylation is 1. The number of fused-ring (bicyclic) bond motifs is 1. The van der Waals surface area contributed by atoms with Gasteiger partial charge in [-0.05, 0) is 24.9 Å². The smallest absolute Gasteiger partial charge is 0.275 e. The van der Waals surface area contributed by atoms with Crippen LogP contribution in [0.2, 0.25) is 0 Å².